The molecule has 2 nitrogen and oxygen atoms in total. The lowest BCUT2D eigenvalue weighted by molar-refractivity contribution is -0.0445. The lowest BCUT2D eigenvalue weighted by Gasteiger charge is -2.37. The molecule has 0 aliphatic carbocycles. The van der Waals surface area contributed by atoms with E-state index in [2.05, 4.69) is 106 Å². The first-order chi connectivity index (χ1) is 13.8. The van der Waals surface area contributed by atoms with Gasteiger partial charge in [-0.25, -0.2) is 0 Å². The highest BCUT2D eigenvalue weighted by Crippen LogP contribution is 2.31. The molecule has 3 aromatic rings. The van der Waals surface area contributed by atoms with Gasteiger partial charge in [-0.15, -0.1) is 0 Å². The number of benzene rings is 3. The highest BCUT2D eigenvalue weighted by atomic mass is 79.9. The molecule has 1 heterocycles. The van der Waals surface area contributed by atoms with Gasteiger partial charge in [-0.1, -0.05) is 94.8 Å². The summed E-state index contributed by atoms with van der Waals surface area (Å²) in [6.45, 7) is 3.72. The Hall–Kier alpha value is -1.94. The third-order valence-corrected chi connectivity index (χ3v) is 6.27. The lowest BCUT2D eigenvalue weighted by atomic mass is 9.86. The van der Waals surface area contributed by atoms with E-state index in [4.69, 9.17) is 4.74 Å². The summed E-state index contributed by atoms with van der Waals surface area (Å²) in [6, 6.07) is 30.1. The Morgan fingerprint density at radius 2 is 1.57 bits per heavy atom. The molecule has 2 atom stereocenters. The van der Waals surface area contributed by atoms with Gasteiger partial charge in [0, 0.05) is 30.0 Å². The van der Waals surface area contributed by atoms with Crippen molar-refractivity contribution in [3.8, 4) is 0 Å². The van der Waals surface area contributed by atoms with Crippen LogP contribution in [0.3, 0.4) is 0 Å². The standard InChI is InChI=1S/C25H26BrNO/c26-24-14-8-7-13-22(24)17-23(21-11-5-2-6-12-21)25-19-27(15-16-28-25)18-20-9-3-1-4-10-20/h1-14,23,25H,15-19H2/t23-,25?/m0/s1. The SMILES string of the molecule is Brc1ccccc1C[C@@H](c1ccccc1)C1CN(Cc2ccccc2)CCO1. The molecule has 28 heavy (non-hydrogen) atoms. The van der Waals surface area contributed by atoms with E-state index < -0.39 is 0 Å². The molecule has 0 aromatic heterocycles. The van der Waals surface area contributed by atoms with Crippen LogP contribution in [0.15, 0.2) is 89.4 Å². The Kier molecular flexibility index (Phi) is 6.58. The Morgan fingerprint density at radius 1 is 0.893 bits per heavy atom. The number of halogens is 1. The van der Waals surface area contributed by atoms with Crippen LogP contribution in [-0.2, 0) is 17.7 Å². The largest absolute Gasteiger partial charge is 0.375 e. The fourth-order valence-corrected chi connectivity index (χ4v) is 4.47. The first-order valence-corrected chi connectivity index (χ1v) is 10.7. The van der Waals surface area contributed by atoms with Crippen molar-refractivity contribution >= 4 is 15.9 Å². The van der Waals surface area contributed by atoms with Crippen LogP contribution in [0.2, 0.25) is 0 Å². The van der Waals surface area contributed by atoms with Crippen LogP contribution in [0.1, 0.15) is 22.6 Å². The monoisotopic (exact) mass is 435 g/mol. The molecule has 3 heteroatoms. The van der Waals surface area contributed by atoms with Crippen LogP contribution >= 0.6 is 15.9 Å². The molecule has 3 aromatic carbocycles. The molecule has 0 bridgehead atoms. The Balaban J connectivity index is 1.54. The molecule has 0 saturated carbocycles. The summed E-state index contributed by atoms with van der Waals surface area (Å²) in [5, 5.41) is 0. The highest BCUT2D eigenvalue weighted by molar-refractivity contribution is 9.10. The zero-order chi connectivity index (χ0) is 19.2. The topological polar surface area (TPSA) is 12.5 Å². The Labute approximate surface area is 176 Å². The van der Waals surface area contributed by atoms with Gasteiger partial charge in [-0.05, 0) is 29.2 Å². The van der Waals surface area contributed by atoms with Crippen molar-refractivity contribution in [2.24, 2.45) is 0 Å². The smallest absolute Gasteiger partial charge is 0.0774 e. The highest BCUT2D eigenvalue weighted by Gasteiger charge is 2.30. The number of morpholine rings is 1. The molecule has 1 aliphatic rings. The maximum Gasteiger partial charge on any atom is 0.0774 e. The Morgan fingerprint density at radius 3 is 2.32 bits per heavy atom. The normalized spacial score (nSPS) is 18.7. The van der Waals surface area contributed by atoms with Crippen LogP contribution in [-0.4, -0.2) is 30.7 Å². The zero-order valence-corrected chi connectivity index (χ0v) is 17.6. The molecule has 1 unspecified atom stereocenters. The second-order valence-corrected chi connectivity index (χ2v) is 8.30. The van der Waals surface area contributed by atoms with Crippen molar-refractivity contribution in [3.63, 3.8) is 0 Å². The average Bonchev–Trinajstić information content (AvgIpc) is 2.75. The summed E-state index contributed by atoms with van der Waals surface area (Å²) >= 11 is 3.73. The van der Waals surface area contributed by atoms with Crippen LogP contribution in [0.5, 0.6) is 0 Å². The first kappa shape index (κ1) is 19.4. The van der Waals surface area contributed by atoms with Crippen molar-refractivity contribution in [1.29, 1.82) is 0 Å². The van der Waals surface area contributed by atoms with E-state index in [-0.39, 0.29) is 6.10 Å². The van der Waals surface area contributed by atoms with E-state index in [0.717, 1.165) is 32.7 Å². The van der Waals surface area contributed by atoms with Gasteiger partial charge in [0.1, 0.15) is 0 Å². The van der Waals surface area contributed by atoms with Crippen molar-refractivity contribution in [2.75, 3.05) is 19.7 Å². The third kappa shape index (κ3) is 4.91. The second kappa shape index (κ2) is 9.51. The van der Waals surface area contributed by atoms with Crippen molar-refractivity contribution in [1.82, 2.24) is 4.90 Å². The number of ether oxygens (including phenoxy) is 1. The van der Waals surface area contributed by atoms with Crippen LogP contribution in [0.25, 0.3) is 0 Å². The summed E-state index contributed by atoms with van der Waals surface area (Å²) in [5.74, 6) is 0.332. The Bertz CT molecular complexity index is 868. The van der Waals surface area contributed by atoms with E-state index in [0.29, 0.717) is 5.92 Å². The minimum absolute atomic E-state index is 0.187. The van der Waals surface area contributed by atoms with Gasteiger partial charge in [0.2, 0.25) is 0 Å². The van der Waals surface area contributed by atoms with E-state index in [1.54, 1.807) is 0 Å². The summed E-state index contributed by atoms with van der Waals surface area (Å²) in [7, 11) is 0. The number of rotatable bonds is 6. The molecule has 1 fully saturated rings. The maximum atomic E-state index is 6.32. The fourth-order valence-electron chi connectivity index (χ4n) is 4.03. The minimum atomic E-state index is 0.187. The van der Waals surface area contributed by atoms with Gasteiger partial charge in [0.05, 0.1) is 12.7 Å². The summed E-state index contributed by atoms with van der Waals surface area (Å²) in [6.07, 6.45) is 1.15. The van der Waals surface area contributed by atoms with Crippen LogP contribution in [0.4, 0.5) is 0 Å². The first-order valence-electron chi connectivity index (χ1n) is 9.96. The second-order valence-electron chi connectivity index (χ2n) is 7.44. The molecule has 1 saturated heterocycles. The molecular formula is C25H26BrNO. The van der Waals surface area contributed by atoms with Gasteiger partial charge < -0.3 is 4.74 Å². The molecule has 144 valence electrons. The van der Waals surface area contributed by atoms with Gasteiger partial charge in [0.15, 0.2) is 0 Å². The van der Waals surface area contributed by atoms with Crippen molar-refractivity contribution in [2.45, 2.75) is 25.0 Å². The minimum Gasteiger partial charge on any atom is -0.375 e. The molecule has 0 radical (unpaired) electrons. The van der Waals surface area contributed by atoms with Gasteiger partial charge in [-0.3, -0.25) is 4.90 Å². The van der Waals surface area contributed by atoms with Crippen molar-refractivity contribution < 1.29 is 4.74 Å². The maximum absolute atomic E-state index is 6.32. The van der Waals surface area contributed by atoms with Gasteiger partial charge in [0.25, 0.3) is 0 Å². The number of hydrogen-bond donors (Lipinski definition) is 0. The van der Waals surface area contributed by atoms with Crippen LogP contribution < -0.4 is 0 Å². The zero-order valence-electron chi connectivity index (χ0n) is 16.0. The van der Waals surface area contributed by atoms with Gasteiger partial charge in [-0.2, -0.15) is 0 Å². The fraction of sp³-hybridized carbons (Fsp3) is 0.280. The summed E-state index contributed by atoms with van der Waals surface area (Å²) in [4.78, 5) is 2.53. The molecule has 0 spiro atoms. The number of hydrogen-bond acceptors (Lipinski definition) is 2. The lowest BCUT2D eigenvalue weighted by Crippen LogP contribution is -2.45. The predicted molar refractivity (Wildman–Crippen MR) is 118 cm³/mol. The van der Waals surface area contributed by atoms with E-state index in [1.807, 2.05) is 0 Å². The average molecular weight is 436 g/mol. The summed E-state index contributed by atoms with van der Waals surface area (Å²) in [5.41, 5.74) is 4.05. The summed E-state index contributed by atoms with van der Waals surface area (Å²) < 4.78 is 7.49. The van der Waals surface area contributed by atoms with Crippen LogP contribution in [0, 0.1) is 0 Å². The molecule has 0 N–H and O–H groups in total. The predicted octanol–water partition coefficient (Wildman–Crippen LogP) is 5.68. The molecule has 1 aliphatic heterocycles. The van der Waals surface area contributed by atoms with Crippen molar-refractivity contribution in [3.05, 3.63) is 106 Å². The third-order valence-electron chi connectivity index (χ3n) is 5.50. The van der Waals surface area contributed by atoms with E-state index in [1.165, 1.54) is 21.2 Å². The van der Waals surface area contributed by atoms with E-state index >= 15 is 0 Å². The molecular weight excluding hydrogens is 410 g/mol. The molecule has 4 rings (SSSR count). The molecule has 0 amide bonds. The number of nitrogens with zero attached hydrogens (tertiary/aromatic N) is 1. The van der Waals surface area contributed by atoms with E-state index in [9.17, 15) is 0 Å². The quantitative estimate of drug-likeness (QED) is 0.493. The van der Waals surface area contributed by atoms with Gasteiger partial charge >= 0.3 is 0 Å².